The van der Waals surface area contributed by atoms with Gasteiger partial charge in [0.05, 0.1) is 54.7 Å². The average molecular weight is 1630 g/mol. The van der Waals surface area contributed by atoms with E-state index in [0.29, 0.717) is 123 Å². The Kier molecular flexibility index (Phi) is 19.5. The van der Waals surface area contributed by atoms with Gasteiger partial charge in [-0.25, -0.2) is 27.2 Å². The molecule has 18 rings (SSSR count). The number of rotatable bonds is 14. The van der Waals surface area contributed by atoms with Gasteiger partial charge in [-0.05, 0) is 137 Å². The fourth-order valence-corrected chi connectivity index (χ4v) is 26.5. The number of nitrogens with zero attached hydrogens (tertiary/aromatic N) is 6. The third-order valence-corrected chi connectivity index (χ3v) is 30.5. The van der Waals surface area contributed by atoms with E-state index in [1.165, 1.54) is 56.5 Å². The van der Waals surface area contributed by atoms with Gasteiger partial charge in [0.1, 0.15) is 22.3 Å². The summed E-state index contributed by atoms with van der Waals surface area (Å²) in [6.45, 7) is 13.1. The number of aliphatic hydroxyl groups is 2. The number of aromatic nitrogens is 2. The highest BCUT2D eigenvalue weighted by molar-refractivity contribution is 5.97. The number of halogens is 4. The molecule has 4 saturated heterocycles. The highest BCUT2D eigenvalue weighted by Gasteiger charge is 2.83. The molecule has 10 aliphatic heterocycles. The van der Waals surface area contributed by atoms with Crippen LogP contribution in [-0.2, 0) is 91.9 Å². The van der Waals surface area contributed by atoms with Crippen LogP contribution in [0.25, 0.3) is 21.8 Å². The normalized spacial score (nSPS) is 35.8. The molecule has 20 atom stereocenters. The standard InChI is InChI=1S/2C45H54F2N4O8/c2*1-8-42-14-11-16-51-17-15-43(36(42)51)30-19-31(34(56-5)20-33(30)49(4)37(43)45(55,40(54)58-7)38(42)59-25(2)52)44(39(53)57-6)21-26-18-27(41(3,46)47)23-50(22-26)24-29-28-12-9-10-13-32(28)48-35(29)44/h2*9-14,19-20,26-27,36-38,48,55H,8,15-18,21-24H2,1-7H3/t2*26-,27-,36+,37-,38-,42-,43-,44+,45+/m11/s1. The number of esters is 6. The SMILES string of the molecule is CC[C@]12C=CCN3CC[C@@]4(c5cc([C@@]6(C(=O)OC)C[C@H]7C[C@@H](C(C)(F)F)C[N@](Cc8c6[nH]c6ccccc86)C7)c(OC)cc5N(C)[C@H]4[C@@](O)(C(=O)OC)[C@@H]1OC(C)=O)[C@@H]32.CC[C@]12C=CCN3CC[C@@]4(c5cc([C@@]6(C(=O)OC)C[C@H]7C[C@@H](C(C)(F)F)C[N@](Cc8c6[nH]c6ccccc86)C7)c(OC)cc5N(C)[C@H]4[C@@](O)(C(=O)OC)[C@@H]1OC(C)=O)[C@@H]32. The summed E-state index contributed by atoms with van der Waals surface area (Å²) in [6.07, 6.45) is 8.07. The molecule has 4 bridgehead atoms. The zero-order valence-corrected chi connectivity index (χ0v) is 69.5. The Morgan fingerprint density at radius 1 is 0.517 bits per heavy atom. The minimum atomic E-state index is -2.94. The van der Waals surface area contributed by atoms with E-state index >= 15 is 27.2 Å². The maximum absolute atomic E-state index is 15.3. The first-order chi connectivity index (χ1) is 56.1. The van der Waals surface area contributed by atoms with Crippen LogP contribution >= 0.6 is 0 Å². The van der Waals surface area contributed by atoms with E-state index in [9.17, 15) is 29.4 Å². The highest BCUT2D eigenvalue weighted by Crippen LogP contribution is 2.71. The number of anilines is 2. The second-order valence-electron chi connectivity index (χ2n) is 36.0. The smallest absolute Gasteiger partial charge is 0.344 e. The lowest BCUT2D eigenvalue weighted by molar-refractivity contribution is -0.229. The Morgan fingerprint density at radius 2 is 0.890 bits per heavy atom. The summed E-state index contributed by atoms with van der Waals surface area (Å²) in [5.74, 6) is -11.8. The average Bonchev–Trinajstić information content (AvgIpc) is 1.47. The predicted octanol–water partition coefficient (Wildman–Crippen LogP) is 10.2. The molecule has 12 heterocycles. The van der Waals surface area contributed by atoms with E-state index in [4.69, 9.17) is 37.9 Å². The molecule has 0 radical (unpaired) electrons. The third kappa shape index (κ3) is 11.0. The molecule has 2 aliphatic carbocycles. The number of aromatic amines is 2. The Morgan fingerprint density at radius 3 is 1.23 bits per heavy atom. The monoisotopic (exact) mass is 1630 g/mol. The predicted molar refractivity (Wildman–Crippen MR) is 429 cm³/mol. The molecule has 12 aliphatic rings. The molecule has 2 aromatic heterocycles. The summed E-state index contributed by atoms with van der Waals surface area (Å²) in [4.78, 5) is 105. The molecule has 24 nitrogen and oxygen atoms in total. The van der Waals surface area contributed by atoms with Crippen molar-refractivity contribution in [1.29, 1.82) is 0 Å². The zero-order valence-electron chi connectivity index (χ0n) is 69.5. The quantitative estimate of drug-likeness (QED) is 0.0342. The fraction of sp³-hybridized carbons (Fsp3) is 0.578. The zero-order chi connectivity index (χ0) is 84.1. The number of para-hydroxylation sites is 2. The minimum absolute atomic E-state index is 0.155. The van der Waals surface area contributed by atoms with E-state index in [0.717, 1.165) is 57.9 Å². The first-order valence-electron chi connectivity index (χ1n) is 41.4. The van der Waals surface area contributed by atoms with Crippen LogP contribution in [0.15, 0.2) is 97.1 Å². The molecule has 4 N–H and O–H groups in total. The van der Waals surface area contributed by atoms with Crippen molar-refractivity contribution in [2.45, 2.75) is 187 Å². The van der Waals surface area contributed by atoms with Crippen molar-refractivity contribution in [3.8, 4) is 11.5 Å². The van der Waals surface area contributed by atoms with E-state index < -0.39 is 127 Å². The van der Waals surface area contributed by atoms with Crippen LogP contribution in [0.5, 0.6) is 11.5 Å². The molecule has 4 aromatic carbocycles. The second-order valence-corrected chi connectivity index (χ2v) is 36.0. The number of benzene rings is 4. The number of ether oxygens (including phenoxy) is 8. The van der Waals surface area contributed by atoms with Crippen molar-refractivity contribution >= 4 is 69.0 Å². The van der Waals surface area contributed by atoms with Crippen LogP contribution in [0.4, 0.5) is 28.9 Å². The molecule has 6 fully saturated rings. The summed E-state index contributed by atoms with van der Waals surface area (Å²) in [5, 5.41) is 28.3. The summed E-state index contributed by atoms with van der Waals surface area (Å²) in [6, 6.07) is 20.7. The lowest BCUT2D eigenvalue weighted by atomic mass is 9.47. The Hall–Kier alpha value is -9.06. The van der Waals surface area contributed by atoms with E-state index in [1.54, 1.807) is 0 Å². The number of hydrogen-bond donors (Lipinski definition) is 4. The van der Waals surface area contributed by atoms with Gasteiger partial charge in [0.15, 0.2) is 12.2 Å². The molecule has 2 spiro atoms. The van der Waals surface area contributed by atoms with Crippen molar-refractivity contribution in [3.63, 3.8) is 0 Å². The minimum Gasteiger partial charge on any atom is -0.496 e. The van der Waals surface area contributed by atoms with Crippen LogP contribution in [0.3, 0.4) is 0 Å². The number of methoxy groups -OCH3 is 6. The van der Waals surface area contributed by atoms with Gasteiger partial charge in [-0.2, -0.15) is 0 Å². The maximum atomic E-state index is 15.3. The molecule has 0 unspecified atom stereocenters. The van der Waals surface area contributed by atoms with Gasteiger partial charge < -0.3 is 67.9 Å². The first-order valence-corrected chi connectivity index (χ1v) is 41.4. The van der Waals surface area contributed by atoms with Gasteiger partial charge in [-0.1, -0.05) is 74.5 Å². The molecule has 2 saturated carbocycles. The number of piperidine rings is 2. The topological polar surface area (TPSA) is 268 Å². The van der Waals surface area contributed by atoms with Gasteiger partial charge in [0.2, 0.25) is 23.0 Å². The van der Waals surface area contributed by atoms with E-state index in [1.807, 2.05) is 135 Å². The van der Waals surface area contributed by atoms with Gasteiger partial charge in [0.25, 0.3) is 0 Å². The summed E-state index contributed by atoms with van der Waals surface area (Å²) >= 11 is 0. The van der Waals surface area contributed by atoms with Crippen LogP contribution < -0.4 is 19.3 Å². The molecular weight excluding hydrogens is 1530 g/mol. The number of nitrogens with one attached hydrogen (secondary N) is 2. The molecule has 6 aromatic rings. The van der Waals surface area contributed by atoms with Gasteiger partial charge >= 0.3 is 35.8 Å². The third-order valence-electron chi connectivity index (χ3n) is 30.5. The van der Waals surface area contributed by atoms with Crippen molar-refractivity contribution in [2.24, 2.45) is 34.5 Å². The maximum Gasteiger partial charge on any atom is 0.344 e. The molecular formula is C90H108F4N8O16. The van der Waals surface area contributed by atoms with Crippen LogP contribution in [0.2, 0.25) is 0 Å². The van der Waals surface area contributed by atoms with Crippen molar-refractivity contribution in [1.82, 2.24) is 29.6 Å². The number of carbonyl (C=O) groups excluding carboxylic acids is 6. The number of H-pyrrole nitrogens is 2. The number of fused-ring (bicyclic) bond motifs is 12. The Balaban J connectivity index is 0.000000169. The molecule has 28 heteroatoms. The molecule has 0 amide bonds. The fourth-order valence-electron chi connectivity index (χ4n) is 26.5. The van der Waals surface area contributed by atoms with Gasteiger partial charge in [0, 0.05) is 194 Å². The second kappa shape index (κ2) is 28.3. The van der Waals surface area contributed by atoms with E-state index in [2.05, 4.69) is 29.6 Å². The number of likely N-dealkylation sites (N-methyl/N-ethyl adjacent to an activating group) is 2. The van der Waals surface area contributed by atoms with Crippen molar-refractivity contribution in [3.05, 3.63) is 142 Å². The molecule has 632 valence electrons. The Bertz CT molecular complexity index is 4860. The summed E-state index contributed by atoms with van der Waals surface area (Å²) in [5.41, 5.74) is -3.29. The van der Waals surface area contributed by atoms with Crippen LogP contribution in [0.1, 0.15) is 138 Å². The first kappa shape index (κ1) is 81.3. The number of hydrogen-bond acceptors (Lipinski definition) is 22. The lowest BCUT2D eigenvalue weighted by Crippen LogP contribution is -2.81. The van der Waals surface area contributed by atoms with Gasteiger partial charge in [-0.15, -0.1) is 0 Å². The largest absolute Gasteiger partial charge is 0.496 e. The number of carbonyl (C=O) groups is 6. The lowest BCUT2D eigenvalue weighted by Gasteiger charge is -2.63. The van der Waals surface area contributed by atoms with Crippen LogP contribution in [-0.4, -0.2) is 244 Å². The Labute approximate surface area is 683 Å². The molecule has 118 heavy (non-hydrogen) atoms. The summed E-state index contributed by atoms with van der Waals surface area (Å²) in [7, 11) is 11.9. The van der Waals surface area contributed by atoms with Crippen molar-refractivity contribution in [2.75, 3.05) is 119 Å². The summed E-state index contributed by atoms with van der Waals surface area (Å²) < 4.78 is 109. The van der Waals surface area contributed by atoms with Gasteiger partial charge in [-0.3, -0.25) is 38.8 Å². The van der Waals surface area contributed by atoms with Crippen LogP contribution in [0, 0.1) is 34.5 Å². The number of alkyl halides is 4. The van der Waals surface area contributed by atoms with Crippen molar-refractivity contribution < 1.29 is 94.4 Å². The highest BCUT2D eigenvalue weighted by atomic mass is 19.3. The van der Waals surface area contributed by atoms with E-state index in [-0.39, 0.29) is 62.7 Å².